The average Bonchev–Trinajstić information content (AvgIpc) is 2.62. The van der Waals surface area contributed by atoms with Gasteiger partial charge >= 0.3 is 5.97 Å². The number of aliphatic hydroxyl groups is 3. The SMILES string of the molecule is CCC[C@H]1C(O)=CC(=O)O[C@@H]1CC(=O)/C(C)=C/C[C@H](O)[C@@H](C)C/C(C)=C/CO. The van der Waals surface area contributed by atoms with Crippen LogP contribution in [0.3, 0.4) is 0 Å². The van der Waals surface area contributed by atoms with Crippen molar-refractivity contribution in [1.29, 1.82) is 0 Å². The largest absolute Gasteiger partial charge is 0.512 e. The molecule has 3 N–H and O–H groups in total. The molecule has 0 spiro atoms. The molecular formula is C22H34O6. The molecule has 0 amide bonds. The number of cyclic esters (lactones) is 1. The van der Waals surface area contributed by atoms with Crippen molar-refractivity contribution in [3.63, 3.8) is 0 Å². The monoisotopic (exact) mass is 394 g/mol. The number of hydrogen-bond acceptors (Lipinski definition) is 6. The molecule has 0 radical (unpaired) electrons. The van der Waals surface area contributed by atoms with Gasteiger partial charge in [-0.1, -0.05) is 38.0 Å². The van der Waals surface area contributed by atoms with Crippen LogP contribution in [0.2, 0.25) is 0 Å². The van der Waals surface area contributed by atoms with Gasteiger partial charge < -0.3 is 20.1 Å². The maximum atomic E-state index is 12.5. The molecular weight excluding hydrogens is 360 g/mol. The van der Waals surface area contributed by atoms with E-state index >= 15 is 0 Å². The average molecular weight is 395 g/mol. The number of esters is 1. The maximum Gasteiger partial charge on any atom is 0.334 e. The van der Waals surface area contributed by atoms with Crippen molar-refractivity contribution in [2.24, 2.45) is 11.8 Å². The van der Waals surface area contributed by atoms with Gasteiger partial charge in [0.05, 0.1) is 24.7 Å². The third-order valence-corrected chi connectivity index (χ3v) is 5.19. The number of ether oxygens (including phenoxy) is 1. The van der Waals surface area contributed by atoms with Crippen LogP contribution in [0.4, 0.5) is 0 Å². The summed E-state index contributed by atoms with van der Waals surface area (Å²) in [4.78, 5) is 24.1. The smallest absolute Gasteiger partial charge is 0.334 e. The fourth-order valence-electron chi connectivity index (χ4n) is 3.38. The molecule has 4 atom stereocenters. The summed E-state index contributed by atoms with van der Waals surface area (Å²) in [6.45, 7) is 7.47. The van der Waals surface area contributed by atoms with Crippen molar-refractivity contribution in [2.45, 2.75) is 72.0 Å². The van der Waals surface area contributed by atoms with Gasteiger partial charge in [0.2, 0.25) is 0 Å². The van der Waals surface area contributed by atoms with Crippen LogP contribution in [0.1, 0.15) is 59.8 Å². The Morgan fingerprint density at radius 1 is 1.32 bits per heavy atom. The van der Waals surface area contributed by atoms with E-state index in [1.54, 1.807) is 19.1 Å². The molecule has 0 aromatic rings. The highest BCUT2D eigenvalue weighted by atomic mass is 16.5. The number of rotatable bonds is 11. The highest BCUT2D eigenvalue weighted by Crippen LogP contribution is 2.29. The Balaban J connectivity index is 2.66. The minimum atomic E-state index is -0.664. The maximum absolute atomic E-state index is 12.5. The van der Waals surface area contributed by atoms with Crippen molar-refractivity contribution in [1.82, 2.24) is 0 Å². The van der Waals surface area contributed by atoms with E-state index in [1.807, 2.05) is 20.8 Å². The first-order valence-corrected chi connectivity index (χ1v) is 9.95. The second-order valence-corrected chi connectivity index (χ2v) is 7.67. The molecule has 0 saturated carbocycles. The van der Waals surface area contributed by atoms with Gasteiger partial charge in [0.1, 0.15) is 11.9 Å². The van der Waals surface area contributed by atoms with E-state index in [0.29, 0.717) is 24.8 Å². The van der Waals surface area contributed by atoms with E-state index < -0.39 is 18.2 Å². The molecule has 0 fully saturated rings. The third-order valence-electron chi connectivity index (χ3n) is 5.19. The number of Topliss-reactive ketones (excluding diaryl/α,β-unsaturated/α-hetero) is 1. The number of allylic oxidation sites excluding steroid dienone is 2. The summed E-state index contributed by atoms with van der Waals surface area (Å²) in [6.07, 6.45) is 5.71. The number of aliphatic hydroxyl groups excluding tert-OH is 3. The van der Waals surface area contributed by atoms with Crippen LogP contribution in [0, 0.1) is 11.8 Å². The predicted molar refractivity (Wildman–Crippen MR) is 108 cm³/mol. The van der Waals surface area contributed by atoms with Crippen LogP contribution in [0.5, 0.6) is 0 Å². The summed E-state index contributed by atoms with van der Waals surface area (Å²) < 4.78 is 5.27. The molecule has 1 rings (SSSR count). The second kappa shape index (κ2) is 11.8. The summed E-state index contributed by atoms with van der Waals surface area (Å²) in [5, 5.41) is 29.2. The Labute approximate surface area is 167 Å². The van der Waals surface area contributed by atoms with Crippen LogP contribution in [-0.4, -0.2) is 45.9 Å². The standard InChI is InChI=1S/C22H34O6/c1-5-6-17-20(26)13-22(27)28-21(17)12-19(25)15(3)7-8-18(24)16(4)11-14(2)9-10-23/h7,9,13,16-18,21,23-24,26H,5-6,8,10-12H2,1-4H3/b14-9+,15-7+/t16-,17-,18-,21+/m0/s1. The van der Waals surface area contributed by atoms with E-state index in [9.17, 15) is 19.8 Å². The van der Waals surface area contributed by atoms with E-state index in [-0.39, 0.29) is 36.4 Å². The Morgan fingerprint density at radius 3 is 2.61 bits per heavy atom. The lowest BCUT2D eigenvalue weighted by molar-refractivity contribution is -0.149. The van der Waals surface area contributed by atoms with Crippen molar-refractivity contribution < 1.29 is 29.6 Å². The molecule has 28 heavy (non-hydrogen) atoms. The number of carbonyl (C=O) groups excluding carboxylic acids is 2. The zero-order chi connectivity index (χ0) is 21.3. The van der Waals surface area contributed by atoms with E-state index in [0.717, 1.165) is 18.1 Å². The molecule has 6 nitrogen and oxygen atoms in total. The lowest BCUT2D eigenvalue weighted by Crippen LogP contribution is -2.34. The number of carbonyl (C=O) groups is 2. The van der Waals surface area contributed by atoms with Gasteiger partial charge in [-0.2, -0.15) is 0 Å². The minimum Gasteiger partial charge on any atom is -0.512 e. The van der Waals surface area contributed by atoms with Crippen LogP contribution in [0.15, 0.2) is 35.1 Å². The first-order chi connectivity index (χ1) is 13.2. The van der Waals surface area contributed by atoms with Gasteiger partial charge in [-0.3, -0.25) is 4.79 Å². The Morgan fingerprint density at radius 2 is 2.00 bits per heavy atom. The van der Waals surface area contributed by atoms with E-state index in [2.05, 4.69) is 0 Å². The van der Waals surface area contributed by atoms with E-state index in [4.69, 9.17) is 9.84 Å². The van der Waals surface area contributed by atoms with Crippen molar-refractivity contribution in [2.75, 3.05) is 6.61 Å². The molecule has 6 heteroatoms. The molecule has 1 aliphatic heterocycles. The fraction of sp³-hybridized carbons (Fsp3) is 0.636. The van der Waals surface area contributed by atoms with Gasteiger partial charge in [-0.25, -0.2) is 4.79 Å². The lowest BCUT2D eigenvalue weighted by Gasteiger charge is -2.29. The van der Waals surface area contributed by atoms with Crippen molar-refractivity contribution >= 4 is 11.8 Å². The van der Waals surface area contributed by atoms with Crippen molar-refractivity contribution in [3.05, 3.63) is 35.1 Å². The number of ketones is 1. The van der Waals surface area contributed by atoms with E-state index in [1.165, 1.54) is 0 Å². The molecule has 0 bridgehead atoms. The highest BCUT2D eigenvalue weighted by Gasteiger charge is 2.34. The Bertz CT molecular complexity index is 631. The van der Waals surface area contributed by atoms with Crippen LogP contribution in [0.25, 0.3) is 0 Å². The summed E-state index contributed by atoms with van der Waals surface area (Å²) in [5.41, 5.74) is 1.52. The first kappa shape index (κ1) is 24.1. The molecule has 0 saturated heterocycles. The topological polar surface area (TPSA) is 104 Å². The van der Waals surface area contributed by atoms with Gasteiger partial charge in [0, 0.05) is 6.42 Å². The molecule has 1 aliphatic rings. The molecule has 158 valence electrons. The quantitative estimate of drug-likeness (QED) is 0.282. The van der Waals surface area contributed by atoms with Crippen LogP contribution in [-0.2, 0) is 14.3 Å². The summed E-state index contributed by atoms with van der Waals surface area (Å²) in [5.74, 6) is -1.17. The Kier molecular flexibility index (Phi) is 10.2. The summed E-state index contributed by atoms with van der Waals surface area (Å²) >= 11 is 0. The zero-order valence-corrected chi connectivity index (χ0v) is 17.4. The van der Waals surface area contributed by atoms with Crippen LogP contribution < -0.4 is 0 Å². The summed E-state index contributed by atoms with van der Waals surface area (Å²) in [7, 11) is 0. The lowest BCUT2D eigenvalue weighted by atomic mass is 9.88. The fourth-order valence-corrected chi connectivity index (χ4v) is 3.38. The molecule has 0 unspecified atom stereocenters. The van der Waals surface area contributed by atoms with Gasteiger partial charge in [0.15, 0.2) is 5.78 Å². The highest BCUT2D eigenvalue weighted by molar-refractivity contribution is 5.95. The first-order valence-electron chi connectivity index (χ1n) is 9.95. The molecule has 0 aliphatic carbocycles. The zero-order valence-electron chi connectivity index (χ0n) is 17.4. The van der Waals surface area contributed by atoms with Crippen LogP contribution >= 0.6 is 0 Å². The predicted octanol–water partition coefficient (Wildman–Crippen LogP) is 3.39. The number of hydrogen-bond donors (Lipinski definition) is 3. The molecule has 0 aromatic heterocycles. The second-order valence-electron chi connectivity index (χ2n) is 7.67. The normalized spacial score (nSPS) is 23.1. The van der Waals surface area contributed by atoms with Gasteiger partial charge in [-0.15, -0.1) is 0 Å². The Hall–Kier alpha value is -1.92. The van der Waals surface area contributed by atoms with Gasteiger partial charge in [-0.05, 0) is 44.6 Å². The molecule has 1 heterocycles. The third kappa shape index (κ3) is 7.60. The summed E-state index contributed by atoms with van der Waals surface area (Å²) in [6, 6.07) is 0. The molecule has 0 aromatic carbocycles. The van der Waals surface area contributed by atoms with Gasteiger partial charge in [0.25, 0.3) is 0 Å². The van der Waals surface area contributed by atoms with Crippen molar-refractivity contribution in [3.8, 4) is 0 Å². The minimum absolute atomic E-state index is 0.00253.